The number of hydrogen-bond donors (Lipinski definition) is 0. The lowest BCUT2D eigenvalue weighted by Crippen LogP contribution is -2.39. The van der Waals surface area contributed by atoms with Crippen LogP contribution in [0, 0.1) is 6.92 Å². The molecule has 0 spiro atoms. The van der Waals surface area contributed by atoms with E-state index in [0.29, 0.717) is 44.8 Å². The monoisotopic (exact) mass is 464 g/mol. The summed E-state index contributed by atoms with van der Waals surface area (Å²) >= 11 is 0. The maximum absolute atomic E-state index is 13.6. The van der Waals surface area contributed by atoms with Crippen LogP contribution in [0.5, 0.6) is 11.5 Å². The zero-order valence-electron chi connectivity index (χ0n) is 20.4. The summed E-state index contributed by atoms with van der Waals surface area (Å²) in [5.74, 6) is 1.59. The highest BCUT2D eigenvalue weighted by molar-refractivity contribution is 6.08. The molecule has 0 saturated carbocycles. The molecule has 7 nitrogen and oxygen atoms in total. The van der Waals surface area contributed by atoms with Crippen molar-refractivity contribution in [3.63, 3.8) is 0 Å². The molecule has 5 rings (SSSR count). The van der Waals surface area contributed by atoms with Gasteiger partial charge in [-0.25, -0.2) is 4.79 Å². The number of amides is 2. The van der Waals surface area contributed by atoms with Crippen LogP contribution in [0.25, 0.3) is 0 Å². The van der Waals surface area contributed by atoms with Gasteiger partial charge in [-0.2, -0.15) is 0 Å². The van der Waals surface area contributed by atoms with Crippen LogP contribution < -0.4 is 14.4 Å². The summed E-state index contributed by atoms with van der Waals surface area (Å²) in [6.07, 6.45) is 1.99. The fourth-order valence-electron chi connectivity index (χ4n) is 5.06. The third-order valence-corrected chi connectivity index (χ3v) is 6.69. The molecule has 2 aromatic rings. The molecule has 0 fully saturated rings. The Morgan fingerprint density at radius 3 is 2.47 bits per heavy atom. The number of anilines is 1. The third-order valence-electron chi connectivity index (χ3n) is 6.69. The predicted molar refractivity (Wildman–Crippen MR) is 129 cm³/mol. The minimum atomic E-state index is -0.524. The molecule has 7 heteroatoms. The Hall–Kier alpha value is -3.22. The van der Waals surface area contributed by atoms with Gasteiger partial charge in [0, 0.05) is 25.1 Å². The number of rotatable bonds is 1. The quantitative estimate of drug-likeness (QED) is 0.629. The number of benzene rings is 2. The standard InChI is InChI=1S/C27H32N2O5/c1-17-21-8-11-28(26(31)34-27(2,3)4)10-7-18(21)16-23-24(17)29(12-14-33-23)25(30)20-5-6-22-19(15-20)9-13-32-22/h5-6,15-16H,7-14H2,1-4H3. The van der Waals surface area contributed by atoms with Crippen molar-refractivity contribution in [2.24, 2.45) is 0 Å². The SMILES string of the molecule is Cc1c2c(cc3c1N(C(=O)c1ccc4c(c1)CCO4)CCO3)CCN(C(=O)OC(C)(C)C)CC2. The zero-order chi connectivity index (χ0) is 24.0. The number of carbonyl (C=O) groups is 2. The van der Waals surface area contributed by atoms with E-state index in [9.17, 15) is 9.59 Å². The Kier molecular flexibility index (Phi) is 5.66. The van der Waals surface area contributed by atoms with Crippen LogP contribution in [0.3, 0.4) is 0 Å². The second-order valence-corrected chi connectivity index (χ2v) is 10.2. The third kappa shape index (κ3) is 4.19. The minimum Gasteiger partial charge on any atom is -0.493 e. The van der Waals surface area contributed by atoms with E-state index in [2.05, 4.69) is 13.0 Å². The Morgan fingerprint density at radius 1 is 0.912 bits per heavy atom. The summed E-state index contributed by atoms with van der Waals surface area (Å²) in [6.45, 7) is 10.5. The Labute approximate surface area is 200 Å². The van der Waals surface area contributed by atoms with Crippen LogP contribution >= 0.6 is 0 Å². The molecule has 0 N–H and O–H groups in total. The molecule has 0 aromatic heterocycles. The van der Waals surface area contributed by atoms with Crippen molar-refractivity contribution >= 4 is 17.7 Å². The van der Waals surface area contributed by atoms with E-state index in [0.717, 1.165) is 41.2 Å². The van der Waals surface area contributed by atoms with E-state index in [1.165, 1.54) is 11.1 Å². The summed E-state index contributed by atoms with van der Waals surface area (Å²) in [6, 6.07) is 7.76. The molecule has 180 valence electrons. The van der Waals surface area contributed by atoms with Crippen molar-refractivity contribution in [1.82, 2.24) is 4.90 Å². The molecule has 0 saturated heterocycles. The fraction of sp³-hybridized carbons (Fsp3) is 0.481. The van der Waals surface area contributed by atoms with Gasteiger partial charge in [0.2, 0.25) is 0 Å². The number of ether oxygens (including phenoxy) is 3. The van der Waals surface area contributed by atoms with Gasteiger partial charge in [-0.1, -0.05) is 0 Å². The smallest absolute Gasteiger partial charge is 0.410 e. The van der Waals surface area contributed by atoms with Gasteiger partial charge < -0.3 is 24.0 Å². The van der Waals surface area contributed by atoms with Gasteiger partial charge in [-0.15, -0.1) is 0 Å². The number of hydrogen-bond acceptors (Lipinski definition) is 5. The Bertz CT molecular complexity index is 1150. The first-order chi connectivity index (χ1) is 16.2. The van der Waals surface area contributed by atoms with Crippen molar-refractivity contribution in [3.8, 4) is 11.5 Å². The molecular weight excluding hydrogens is 432 g/mol. The van der Waals surface area contributed by atoms with Crippen molar-refractivity contribution in [1.29, 1.82) is 0 Å². The van der Waals surface area contributed by atoms with Gasteiger partial charge in [-0.05, 0) is 87.1 Å². The number of nitrogens with zero attached hydrogens (tertiary/aromatic N) is 2. The van der Waals surface area contributed by atoms with Crippen molar-refractivity contribution in [2.75, 3.05) is 37.7 Å². The molecule has 3 aliphatic rings. The summed E-state index contributed by atoms with van der Waals surface area (Å²) in [4.78, 5) is 29.9. The van der Waals surface area contributed by atoms with Crippen LogP contribution in [0.15, 0.2) is 24.3 Å². The average molecular weight is 465 g/mol. The van der Waals surface area contributed by atoms with Crippen LogP contribution in [-0.4, -0.2) is 55.3 Å². The average Bonchev–Trinajstić information content (AvgIpc) is 3.15. The van der Waals surface area contributed by atoms with Gasteiger partial charge in [0.1, 0.15) is 23.7 Å². The highest BCUT2D eigenvalue weighted by Crippen LogP contribution is 2.41. The predicted octanol–water partition coefficient (Wildman–Crippen LogP) is 4.30. The highest BCUT2D eigenvalue weighted by Gasteiger charge is 2.31. The van der Waals surface area contributed by atoms with Crippen molar-refractivity contribution in [3.05, 3.63) is 52.1 Å². The summed E-state index contributed by atoms with van der Waals surface area (Å²) in [5.41, 5.74) is 5.49. The van der Waals surface area contributed by atoms with Crippen LogP contribution in [0.4, 0.5) is 10.5 Å². The van der Waals surface area contributed by atoms with E-state index < -0.39 is 5.60 Å². The van der Waals surface area contributed by atoms with Gasteiger partial charge in [0.05, 0.1) is 18.8 Å². The molecule has 2 aromatic carbocycles. The lowest BCUT2D eigenvalue weighted by Gasteiger charge is -2.33. The van der Waals surface area contributed by atoms with E-state index in [1.807, 2.05) is 43.9 Å². The summed E-state index contributed by atoms with van der Waals surface area (Å²) in [5, 5.41) is 0. The lowest BCUT2D eigenvalue weighted by atomic mass is 9.94. The van der Waals surface area contributed by atoms with Gasteiger partial charge in [0.25, 0.3) is 5.91 Å². The van der Waals surface area contributed by atoms with Gasteiger partial charge in [-0.3, -0.25) is 4.79 Å². The maximum atomic E-state index is 13.6. The molecule has 0 unspecified atom stereocenters. The highest BCUT2D eigenvalue weighted by atomic mass is 16.6. The first kappa shape index (κ1) is 22.6. The van der Waals surface area contributed by atoms with Crippen LogP contribution in [0.2, 0.25) is 0 Å². The molecule has 3 aliphatic heterocycles. The Balaban J connectivity index is 1.43. The molecule has 0 bridgehead atoms. The van der Waals surface area contributed by atoms with Crippen LogP contribution in [-0.2, 0) is 24.0 Å². The van der Waals surface area contributed by atoms with Crippen molar-refractivity contribution in [2.45, 2.75) is 52.6 Å². The van der Waals surface area contributed by atoms with Crippen molar-refractivity contribution < 1.29 is 23.8 Å². The van der Waals surface area contributed by atoms with Gasteiger partial charge in [0.15, 0.2) is 0 Å². The first-order valence-corrected chi connectivity index (χ1v) is 12.0. The molecule has 3 heterocycles. The Morgan fingerprint density at radius 2 is 1.68 bits per heavy atom. The van der Waals surface area contributed by atoms with E-state index in [1.54, 1.807) is 4.90 Å². The largest absolute Gasteiger partial charge is 0.493 e. The van der Waals surface area contributed by atoms with Gasteiger partial charge >= 0.3 is 6.09 Å². The molecule has 0 radical (unpaired) electrons. The van der Waals surface area contributed by atoms with E-state index >= 15 is 0 Å². The molecule has 0 aliphatic carbocycles. The molecular formula is C27H32N2O5. The van der Waals surface area contributed by atoms with E-state index in [4.69, 9.17) is 14.2 Å². The van der Waals surface area contributed by atoms with E-state index in [-0.39, 0.29) is 12.0 Å². The minimum absolute atomic E-state index is 0.0219. The number of carbonyl (C=O) groups excluding carboxylic acids is 2. The molecule has 2 amide bonds. The maximum Gasteiger partial charge on any atom is 0.410 e. The summed E-state index contributed by atoms with van der Waals surface area (Å²) < 4.78 is 17.2. The summed E-state index contributed by atoms with van der Waals surface area (Å²) in [7, 11) is 0. The first-order valence-electron chi connectivity index (χ1n) is 12.0. The van der Waals surface area contributed by atoms with Crippen LogP contribution in [0.1, 0.15) is 53.4 Å². The second-order valence-electron chi connectivity index (χ2n) is 10.2. The molecule has 0 atom stereocenters. The topological polar surface area (TPSA) is 68.3 Å². The normalized spacial score (nSPS) is 17.1. The molecule has 34 heavy (non-hydrogen) atoms. The second kappa shape index (κ2) is 8.53. The zero-order valence-corrected chi connectivity index (χ0v) is 20.4. The lowest BCUT2D eigenvalue weighted by molar-refractivity contribution is 0.0258. The fourth-order valence-corrected chi connectivity index (χ4v) is 5.06. The number of fused-ring (bicyclic) bond motifs is 3.